The van der Waals surface area contributed by atoms with E-state index in [0.29, 0.717) is 17.5 Å². The van der Waals surface area contributed by atoms with Gasteiger partial charge in [-0.2, -0.15) is 0 Å². The van der Waals surface area contributed by atoms with Crippen LogP contribution in [0.3, 0.4) is 0 Å². The smallest absolute Gasteiger partial charge is 0.164 e. The number of hydrogen-bond donors (Lipinski definition) is 0. The van der Waals surface area contributed by atoms with E-state index in [1.165, 1.54) is 33.4 Å². The third kappa shape index (κ3) is 4.47. The van der Waals surface area contributed by atoms with Crippen LogP contribution in [0.1, 0.15) is 22.3 Å². The number of benzene rings is 8. The van der Waals surface area contributed by atoms with E-state index in [4.69, 9.17) is 19.4 Å². The normalized spacial score (nSPS) is 13.0. The molecule has 0 bridgehead atoms. The van der Waals surface area contributed by atoms with E-state index in [-0.39, 0.29) is 0 Å². The Bertz CT molecular complexity index is 3000. The Labute approximate surface area is 312 Å². The molecule has 2 heterocycles. The maximum absolute atomic E-state index is 6.57. The fourth-order valence-electron chi connectivity index (χ4n) is 8.66. The average molecular weight is 690 g/mol. The van der Waals surface area contributed by atoms with Crippen LogP contribution in [0.2, 0.25) is 0 Å². The molecule has 4 heteroatoms. The number of rotatable bonds is 5. The first-order valence-electron chi connectivity index (χ1n) is 18.3. The topological polar surface area (TPSA) is 51.8 Å². The predicted molar refractivity (Wildman–Crippen MR) is 218 cm³/mol. The van der Waals surface area contributed by atoms with Gasteiger partial charge in [0.15, 0.2) is 17.5 Å². The molecule has 0 spiro atoms. The van der Waals surface area contributed by atoms with E-state index in [1.807, 2.05) is 30.3 Å². The van der Waals surface area contributed by atoms with E-state index in [0.717, 1.165) is 49.4 Å². The molecule has 0 fully saturated rings. The van der Waals surface area contributed by atoms with Crippen molar-refractivity contribution in [2.75, 3.05) is 0 Å². The van der Waals surface area contributed by atoms with Crippen molar-refractivity contribution in [3.63, 3.8) is 0 Å². The summed E-state index contributed by atoms with van der Waals surface area (Å²) in [5.74, 6) is 1.82. The quantitative estimate of drug-likeness (QED) is 0.180. The van der Waals surface area contributed by atoms with Crippen LogP contribution in [-0.4, -0.2) is 15.0 Å². The fraction of sp³-hybridized carbons (Fsp3) is 0.0200. The molecule has 54 heavy (non-hydrogen) atoms. The van der Waals surface area contributed by atoms with Crippen molar-refractivity contribution in [1.82, 2.24) is 15.0 Å². The Morgan fingerprint density at radius 3 is 1.78 bits per heavy atom. The molecule has 252 valence electrons. The third-order valence-corrected chi connectivity index (χ3v) is 11.0. The van der Waals surface area contributed by atoms with Gasteiger partial charge < -0.3 is 4.42 Å². The zero-order chi connectivity index (χ0) is 35.6. The molecule has 0 saturated carbocycles. The molecule has 11 rings (SSSR count). The Morgan fingerprint density at radius 2 is 1.00 bits per heavy atom. The Morgan fingerprint density at radius 1 is 0.389 bits per heavy atom. The van der Waals surface area contributed by atoms with Gasteiger partial charge in [-0.05, 0) is 57.0 Å². The molecule has 1 aliphatic rings. The molecule has 1 aliphatic carbocycles. The Hall–Kier alpha value is -7.17. The second-order valence-corrected chi connectivity index (χ2v) is 13.9. The van der Waals surface area contributed by atoms with E-state index < -0.39 is 5.41 Å². The Kier molecular flexibility index (Phi) is 6.73. The van der Waals surface area contributed by atoms with Gasteiger partial charge in [0.05, 0.1) is 5.41 Å². The first-order chi connectivity index (χ1) is 26.8. The summed E-state index contributed by atoms with van der Waals surface area (Å²) in [6.07, 6.45) is 0. The van der Waals surface area contributed by atoms with Gasteiger partial charge in [0.1, 0.15) is 11.2 Å². The molecular weight excluding hydrogens is 659 g/mol. The molecule has 0 unspecified atom stereocenters. The van der Waals surface area contributed by atoms with Crippen LogP contribution in [0.5, 0.6) is 0 Å². The maximum Gasteiger partial charge on any atom is 0.164 e. The number of aromatic nitrogens is 3. The van der Waals surface area contributed by atoms with Crippen molar-refractivity contribution in [1.29, 1.82) is 0 Å². The minimum atomic E-state index is -0.537. The van der Waals surface area contributed by atoms with Crippen molar-refractivity contribution in [3.05, 3.63) is 210 Å². The van der Waals surface area contributed by atoms with Crippen LogP contribution in [0, 0.1) is 0 Å². The van der Waals surface area contributed by atoms with Crippen molar-refractivity contribution >= 4 is 32.7 Å². The summed E-state index contributed by atoms with van der Waals surface area (Å²) in [5, 5.41) is 4.21. The zero-order valence-corrected chi connectivity index (χ0v) is 29.1. The van der Waals surface area contributed by atoms with Crippen LogP contribution in [0.25, 0.3) is 78.0 Å². The van der Waals surface area contributed by atoms with Crippen LogP contribution < -0.4 is 0 Å². The molecule has 8 aromatic carbocycles. The maximum atomic E-state index is 6.57. The molecule has 10 aromatic rings. The largest absolute Gasteiger partial charge is 0.455 e. The van der Waals surface area contributed by atoms with Crippen LogP contribution in [0.4, 0.5) is 0 Å². The molecule has 0 N–H and O–H groups in total. The lowest BCUT2D eigenvalue weighted by Crippen LogP contribution is -2.28. The SMILES string of the molecule is c1ccc(-c2nc(-c3ccc4c(c3)C(c3ccccc3)(c3ccccc3)c3ccccc3-4)nc(-c3cccc4ccc5c6ccccc6oc5c34)n2)cc1. The molecule has 4 nitrogen and oxygen atoms in total. The van der Waals surface area contributed by atoms with Gasteiger partial charge in [-0.15, -0.1) is 0 Å². The lowest BCUT2D eigenvalue weighted by molar-refractivity contribution is 0.672. The van der Waals surface area contributed by atoms with E-state index >= 15 is 0 Å². The van der Waals surface area contributed by atoms with Crippen LogP contribution in [-0.2, 0) is 5.41 Å². The second kappa shape index (κ2) is 11.9. The van der Waals surface area contributed by atoms with Gasteiger partial charge in [-0.1, -0.05) is 170 Å². The van der Waals surface area contributed by atoms with E-state index in [9.17, 15) is 0 Å². The second-order valence-electron chi connectivity index (χ2n) is 13.9. The standard InChI is InChI=1S/C50H31N3O/c1-4-15-33(16-5-1)47-51-48(53-49(52-47)41-24-14-17-32-27-30-40-39-23-11-13-26-44(39)54-46(40)45(32)41)34-28-29-38-37-22-10-12-25-42(37)50(43(38)31-34,35-18-6-2-7-19-35)36-20-8-3-9-21-36/h1-31H. The van der Waals surface area contributed by atoms with Crippen LogP contribution in [0.15, 0.2) is 192 Å². The minimum Gasteiger partial charge on any atom is -0.455 e. The fourth-order valence-corrected chi connectivity index (χ4v) is 8.66. The summed E-state index contributed by atoms with van der Waals surface area (Å²) in [5.41, 5.74) is 11.2. The lowest BCUT2D eigenvalue weighted by atomic mass is 9.67. The lowest BCUT2D eigenvalue weighted by Gasteiger charge is -2.34. The number of furan rings is 1. The van der Waals surface area contributed by atoms with Gasteiger partial charge in [-0.25, -0.2) is 15.0 Å². The highest BCUT2D eigenvalue weighted by Gasteiger charge is 2.46. The average Bonchev–Trinajstić information content (AvgIpc) is 3.78. The van der Waals surface area contributed by atoms with Gasteiger partial charge in [0.2, 0.25) is 0 Å². The van der Waals surface area contributed by atoms with Crippen molar-refractivity contribution in [3.8, 4) is 45.3 Å². The first kappa shape index (κ1) is 30.5. The summed E-state index contributed by atoms with van der Waals surface area (Å²) in [6, 6.07) is 66.2. The van der Waals surface area contributed by atoms with Gasteiger partial charge in [0.25, 0.3) is 0 Å². The molecule has 2 aromatic heterocycles. The van der Waals surface area contributed by atoms with Crippen molar-refractivity contribution in [2.45, 2.75) is 5.41 Å². The summed E-state index contributed by atoms with van der Waals surface area (Å²) < 4.78 is 6.57. The molecule has 0 saturated heterocycles. The van der Waals surface area contributed by atoms with Gasteiger partial charge >= 0.3 is 0 Å². The first-order valence-corrected chi connectivity index (χ1v) is 18.3. The van der Waals surface area contributed by atoms with Gasteiger partial charge in [-0.3, -0.25) is 0 Å². The van der Waals surface area contributed by atoms with Crippen molar-refractivity contribution < 1.29 is 4.42 Å². The molecular formula is C50H31N3O. The number of hydrogen-bond acceptors (Lipinski definition) is 4. The number of nitrogens with zero attached hydrogens (tertiary/aromatic N) is 3. The highest BCUT2D eigenvalue weighted by atomic mass is 16.3. The summed E-state index contributed by atoms with van der Waals surface area (Å²) in [4.78, 5) is 15.7. The van der Waals surface area contributed by atoms with E-state index in [1.54, 1.807) is 0 Å². The summed E-state index contributed by atoms with van der Waals surface area (Å²) >= 11 is 0. The summed E-state index contributed by atoms with van der Waals surface area (Å²) in [7, 11) is 0. The van der Waals surface area contributed by atoms with Gasteiger partial charge in [0, 0.05) is 32.8 Å². The molecule has 0 amide bonds. The number of fused-ring (bicyclic) bond motifs is 8. The zero-order valence-electron chi connectivity index (χ0n) is 29.1. The Balaban J connectivity index is 1.19. The molecule has 0 aliphatic heterocycles. The van der Waals surface area contributed by atoms with E-state index in [2.05, 4.69) is 158 Å². The highest BCUT2D eigenvalue weighted by Crippen LogP contribution is 2.56. The molecule has 0 atom stereocenters. The molecule has 0 radical (unpaired) electrons. The minimum absolute atomic E-state index is 0.537. The van der Waals surface area contributed by atoms with Crippen LogP contribution >= 0.6 is 0 Å². The highest BCUT2D eigenvalue weighted by molar-refractivity contribution is 6.18. The monoisotopic (exact) mass is 689 g/mol. The predicted octanol–water partition coefficient (Wildman–Crippen LogP) is 12.3. The summed E-state index contributed by atoms with van der Waals surface area (Å²) in [6.45, 7) is 0. The number of para-hydroxylation sites is 1. The third-order valence-electron chi connectivity index (χ3n) is 11.0. The van der Waals surface area contributed by atoms with Crippen molar-refractivity contribution in [2.24, 2.45) is 0 Å².